The highest BCUT2D eigenvalue weighted by molar-refractivity contribution is 9.10. The molecule has 1 nitrogen and oxygen atoms in total. The summed E-state index contributed by atoms with van der Waals surface area (Å²) in [6, 6.07) is 7.06. The van der Waals surface area contributed by atoms with Crippen LogP contribution in [0.3, 0.4) is 0 Å². The summed E-state index contributed by atoms with van der Waals surface area (Å²) in [4.78, 5) is 2.32. The van der Waals surface area contributed by atoms with E-state index in [2.05, 4.69) is 75.2 Å². The van der Waals surface area contributed by atoms with Gasteiger partial charge in [0.2, 0.25) is 0 Å². The number of hydrogen-bond donors (Lipinski definition) is 0. The number of alkyl halides is 1. The number of nitrogens with zero attached hydrogens (tertiary/aromatic N) is 1. The molecular formula is C12H17Br2NS. The molecule has 0 saturated carbocycles. The molecule has 0 aliphatic rings. The first-order valence-corrected chi connectivity index (χ1v) is 8.47. The van der Waals surface area contributed by atoms with Crippen molar-refractivity contribution < 1.29 is 0 Å². The lowest BCUT2D eigenvalue weighted by atomic mass is 10.2. The fourth-order valence-corrected chi connectivity index (χ4v) is 3.27. The molecule has 0 spiro atoms. The molecule has 0 bridgehead atoms. The maximum Gasteiger partial charge on any atom is 0.0510 e. The quantitative estimate of drug-likeness (QED) is 0.704. The van der Waals surface area contributed by atoms with E-state index in [1.807, 2.05) is 11.8 Å². The molecule has 0 N–H and O–H groups in total. The van der Waals surface area contributed by atoms with Gasteiger partial charge in [-0.25, -0.2) is 0 Å². The van der Waals surface area contributed by atoms with E-state index in [-0.39, 0.29) is 0 Å². The summed E-state index contributed by atoms with van der Waals surface area (Å²) < 4.78 is 1.17. The standard InChI is InChI=1S/C12H17Br2NS/c1-9(8-16-3)15(2)12-5-4-10(7-13)6-11(12)14/h4-6,9H,7-8H2,1-3H3. The van der Waals surface area contributed by atoms with Crippen LogP contribution in [0.2, 0.25) is 0 Å². The van der Waals surface area contributed by atoms with Crippen LogP contribution in [0.15, 0.2) is 22.7 Å². The number of hydrogen-bond acceptors (Lipinski definition) is 2. The van der Waals surface area contributed by atoms with Crippen LogP contribution >= 0.6 is 43.6 Å². The van der Waals surface area contributed by atoms with Crippen LogP contribution in [-0.4, -0.2) is 25.1 Å². The summed E-state index contributed by atoms with van der Waals surface area (Å²) in [5.41, 5.74) is 2.55. The lowest BCUT2D eigenvalue weighted by molar-refractivity contribution is 0.764. The van der Waals surface area contributed by atoms with Crippen LogP contribution in [0, 0.1) is 0 Å². The fraction of sp³-hybridized carbons (Fsp3) is 0.500. The molecule has 1 aromatic carbocycles. The smallest absolute Gasteiger partial charge is 0.0510 e. The predicted octanol–water partition coefficient (Wildman–Crippen LogP) is 4.53. The minimum absolute atomic E-state index is 0.543. The van der Waals surface area contributed by atoms with Crippen molar-refractivity contribution in [3.05, 3.63) is 28.2 Å². The van der Waals surface area contributed by atoms with E-state index in [4.69, 9.17) is 0 Å². The molecule has 4 heteroatoms. The van der Waals surface area contributed by atoms with Gasteiger partial charge in [-0.15, -0.1) is 0 Å². The van der Waals surface area contributed by atoms with Crippen molar-refractivity contribution in [2.24, 2.45) is 0 Å². The van der Waals surface area contributed by atoms with Crippen molar-refractivity contribution >= 4 is 49.3 Å². The van der Waals surface area contributed by atoms with E-state index in [1.54, 1.807) is 0 Å². The highest BCUT2D eigenvalue weighted by Gasteiger charge is 2.12. The van der Waals surface area contributed by atoms with Crippen LogP contribution in [-0.2, 0) is 5.33 Å². The minimum Gasteiger partial charge on any atom is -0.370 e. The highest BCUT2D eigenvalue weighted by Crippen LogP contribution is 2.29. The summed E-state index contributed by atoms with van der Waals surface area (Å²) in [5, 5.41) is 0.899. The van der Waals surface area contributed by atoms with Gasteiger partial charge in [-0.05, 0) is 46.8 Å². The minimum atomic E-state index is 0.543. The van der Waals surface area contributed by atoms with E-state index in [0.717, 1.165) is 11.1 Å². The molecule has 0 saturated heterocycles. The van der Waals surface area contributed by atoms with Gasteiger partial charge >= 0.3 is 0 Å². The lowest BCUT2D eigenvalue weighted by Crippen LogP contribution is -2.31. The number of benzene rings is 1. The summed E-state index contributed by atoms with van der Waals surface area (Å²) >= 11 is 8.99. The van der Waals surface area contributed by atoms with Crippen molar-refractivity contribution in [2.75, 3.05) is 24.0 Å². The Morgan fingerprint density at radius 1 is 1.44 bits per heavy atom. The SMILES string of the molecule is CSCC(C)N(C)c1ccc(CBr)cc1Br. The Morgan fingerprint density at radius 2 is 2.12 bits per heavy atom. The molecule has 0 aromatic heterocycles. The molecule has 0 aliphatic carbocycles. The van der Waals surface area contributed by atoms with Crippen LogP contribution in [0.4, 0.5) is 5.69 Å². The first-order chi connectivity index (χ1) is 7.60. The van der Waals surface area contributed by atoms with E-state index >= 15 is 0 Å². The van der Waals surface area contributed by atoms with Gasteiger partial charge in [0.15, 0.2) is 0 Å². The fourth-order valence-electron chi connectivity index (χ4n) is 1.51. The number of thioether (sulfide) groups is 1. The molecule has 16 heavy (non-hydrogen) atoms. The number of anilines is 1. The highest BCUT2D eigenvalue weighted by atomic mass is 79.9. The van der Waals surface area contributed by atoms with Crippen molar-refractivity contribution in [3.8, 4) is 0 Å². The molecule has 1 unspecified atom stereocenters. The molecule has 0 aliphatic heterocycles. The largest absolute Gasteiger partial charge is 0.370 e. The second kappa shape index (κ2) is 6.92. The summed E-state index contributed by atoms with van der Waals surface area (Å²) in [6.45, 7) is 2.25. The average Bonchev–Trinajstić information content (AvgIpc) is 2.28. The molecule has 90 valence electrons. The molecule has 0 radical (unpaired) electrons. The Hall–Kier alpha value is 0.330. The van der Waals surface area contributed by atoms with Gasteiger partial charge in [-0.1, -0.05) is 22.0 Å². The van der Waals surface area contributed by atoms with E-state index in [9.17, 15) is 0 Å². The Labute approximate surface area is 119 Å². The molecule has 0 heterocycles. The average molecular weight is 367 g/mol. The molecular weight excluding hydrogens is 350 g/mol. The van der Waals surface area contributed by atoms with Gasteiger partial charge in [-0.2, -0.15) is 11.8 Å². The van der Waals surface area contributed by atoms with Crippen molar-refractivity contribution in [1.29, 1.82) is 0 Å². The van der Waals surface area contributed by atoms with Gasteiger partial charge in [0.25, 0.3) is 0 Å². The zero-order chi connectivity index (χ0) is 12.1. The maximum atomic E-state index is 3.64. The molecule has 1 atom stereocenters. The van der Waals surface area contributed by atoms with Gasteiger partial charge in [-0.3, -0.25) is 0 Å². The van der Waals surface area contributed by atoms with Gasteiger partial charge < -0.3 is 4.90 Å². The van der Waals surface area contributed by atoms with Crippen LogP contribution in [0.1, 0.15) is 12.5 Å². The van der Waals surface area contributed by atoms with Gasteiger partial charge in [0, 0.05) is 28.6 Å². The van der Waals surface area contributed by atoms with Gasteiger partial charge in [0.1, 0.15) is 0 Å². The third-order valence-electron chi connectivity index (χ3n) is 2.62. The van der Waals surface area contributed by atoms with Crippen LogP contribution in [0.5, 0.6) is 0 Å². The zero-order valence-corrected chi connectivity index (χ0v) is 13.8. The third-order valence-corrected chi connectivity index (χ3v) is 4.71. The topological polar surface area (TPSA) is 3.24 Å². The Morgan fingerprint density at radius 3 is 2.62 bits per heavy atom. The normalized spacial score (nSPS) is 12.6. The summed E-state index contributed by atoms with van der Waals surface area (Å²) in [5.74, 6) is 1.14. The Kier molecular flexibility index (Phi) is 6.22. The van der Waals surface area contributed by atoms with E-state index in [0.29, 0.717) is 6.04 Å². The monoisotopic (exact) mass is 365 g/mol. The van der Waals surface area contributed by atoms with E-state index < -0.39 is 0 Å². The lowest BCUT2D eigenvalue weighted by Gasteiger charge is -2.27. The van der Waals surface area contributed by atoms with Crippen molar-refractivity contribution in [2.45, 2.75) is 18.3 Å². The van der Waals surface area contributed by atoms with Crippen LogP contribution < -0.4 is 4.90 Å². The first kappa shape index (κ1) is 14.4. The predicted molar refractivity (Wildman–Crippen MR) is 83.0 cm³/mol. The Bertz CT molecular complexity index is 344. The molecule has 0 fully saturated rings. The maximum absolute atomic E-state index is 3.64. The zero-order valence-electron chi connectivity index (χ0n) is 9.84. The summed E-state index contributed by atoms with van der Waals surface area (Å²) in [6.07, 6.45) is 2.15. The third kappa shape index (κ3) is 3.67. The molecule has 1 aromatic rings. The number of rotatable bonds is 5. The second-order valence-electron chi connectivity index (χ2n) is 3.83. The van der Waals surface area contributed by atoms with Crippen molar-refractivity contribution in [3.63, 3.8) is 0 Å². The van der Waals surface area contributed by atoms with E-state index in [1.165, 1.54) is 15.7 Å². The number of halogens is 2. The molecule has 1 rings (SSSR count). The first-order valence-electron chi connectivity index (χ1n) is 5.16. The second-order valence-corrected chi connectivity index (χ2v) is 6.16. The molecule has 0 amide bonds. The Balaban J connectivity index is 2.87. The van der Waals surface area contributed by atoms with Crippen LogP contribution in [0.25, 0.3) is 0 Å². The van der Waals surface area contributed by atoms with Crippen molar-refractivity contribution in [1.82, 2.24) is 0 Å². The van der Waals surface area contributed by atoms with Gasteiger partial charge in [0.05, 0.1) is 5.69 Å². The summed E-state index contributed by atoms with van der Waals surface area (Å²) in [7, 11) is 2.15.